The van der Waals surface area contributed by atoms with Crippen LogP contribution in [0.5, 0.6) is 5.75 Å². The average Bonchev–Trinajstić information content (AvgIpc) is 2.68. The number of amides is 1. The van der Waals surface area contributed by atoms with Crippen molar-refractivity contribution < 1.29 is 13.9 Å². The first kappa shape index (κ1) is 14.8. The molecular formula is C15H21FN2O2. The largest absolute Gasteiger partial charge is 0.488 e. The van der Waals surface area contributed by atoms with Crippen LogP contribution in [0.4, 0.5) is 4.39 Å². The maximum absolute atomic E-state index is 13.1. The SMILES string of the molecule is CC(C)(C)NC(=O)CNCC1Cc2cc(F)ccc2O1. The molecule has 2 rings (SSSR count). The molecule has 0 bridgehead atoms. The molecule has 0 aliphatic carbocycles. The number of halogens is 1. The molecule has 1 aliphatic rings. The van der Waals surface area contributed by atoms with Gasteiger partial charge in [0, 0.05) is 24.1 Å². The zero-order valence-electron chi connectivity index (χ0n) is 12.1. The number of benzene rings is 1. The predicted octanol–water partition coefficient (Wildman–Crippen LogP) is 1.63. The first-order valence-corrected chi connectivity index (χ1v) is 6.80. The third kappa shape index (κ3) is 4.20. The summed E-state index contributed by atoms with van der Waals surface area (Å²) in [6.07, 6.45) is 0.621. The second kappa shape index (κ2) is 5.79. The van der Waals surface area contributed by atoms with Gasteiger partial charge in [-0.05, 0) is 39.0 Å². The third-order valence-corrected chi connectivity index (χ3v) is 2.94. The molecule has 5 heteroatoms. The number of ether oxygens (including phenoxy) is 1. The lowest BCUT2D eigenvalue weighted by molar-refractivity contribution is -0.121. The van der Waals surface area contributed by atoms with Gasteiger partial charge >= 0.3 is 0 Å². The maximum Gasteiger partial charge on any atom is 0.234 e. The molecule has 0 fully saturated rings. The highest BCUT2D eigenvalue weighted by atomic mass is 19.1. The molecule has 1 unspecified atom stereocenters. The quantitative estimate of drug-likeness (QED) is 0.881. The number of hydrogen-bond donors (Lipinski definition) is 2. The molecular weight excluding hydrogens is 259 g/mol. The molecule has 1 amide bonds. The Kier molecular flexibility index (Phi) is 4.28. The Balaban J connectivity index is 1.74. The van der Waals surface area contributed by atoms with Crippen molar-refractivity contribution in [3.63, 3.8) is 0 Å². The van der Waals surface area contributed by atoms with Gasteiger partial charge in [-0.15, -0.1) is 0 Å². The minimum absolute atomic E-state index is 0.0425. The van der Waals surface area contributed by atoms with Crippen molar-refractivity contribution in [2.24, 2.45) is 0 Å². The van der Waals surface area contributed by atoms with Crippen LogP contribution in [-0.2, 0) is 11.2 Å². The normalized spacial score (nSPS) is 17.5. The lowest BCUT2D eigenvalue weighted by atomic mass is 10.1. The van der Waals surface area contributed by atoms with E-state index in [1.54, 1.807) is 6.07 Å². The van der Waals surface area contributed by atoms with Crippen LogP contribution in [0.2, 0.25) is 0 Å². The van der Waals surface area contributed by atoms with Crippen LogP contribution in [0.3, 0.4) is 0 Å². The van der Waals surface area contributed by atoms with Gasteiger partial charge in [0.1, 0.15) is 17.7 Å². The van der Waals surface area contributed by atoms with E-state index in [4.69, 9.17) is 4.74 Å². The summed E-state index contributed by atoms with van der Waals surface area (Å²) in [6, 6.07) is 4.55. The molecule has 4 nitrogen and oxygen atoms in total. The topological polar surface area (TPSA) is 50.4 Å². The van der Waals surface area contributed by atoms with Crippen LogP contribution >= 0.6 is 0 Å². The Morgan fingerprint density at radius 2 is 2.20 bits per heavy atom. The lowest BCUT2D eigenvalue weighted by Crippen LogP contribution is -2.46. The molecule has 20 heavy (non-hydrogen) atoms. The zero-order chi connectivity index (χ0) is 14.8. The summed E-state index contributed by atoms with van der Waals surface area (Å²) >= 11 is 0. The molecule has 0 radical (unpaired) electrons. The van der Waals surface area contributed by atoms with Crippen LogP contribution < -0.4 is 15.4 Å². The fourth-order valence-electron chi connectivity index (χ4n) is 2.21. The fourth-order valence-corrected chi connectivity index (χ4v) is 2.21. The first-order chi connectivity index (χ1) is 9.33. The standard InChI is InChI=1S/C15H21FN2O2/c1-15(2,3)18-14(19)9-17-8-12-7-10-6-11(16)4-5-13(10)20-12/h4-6,12,17H,7-9H2,1-3H3,(H,18,19). The number of nitrogens with one attached hydrogen (secondary N) is 2. The second-order valence-electron chi connectivity index (χ2n) is 6.13. The predicted molar refractivity (Wildman–Crippen MR) is 75.3 cm³/mol. The molecule has 1 aromatic carbocycles. The minimum atomic E-state index is -0.245. The number of carbonyl (C=O) groups excluding carboxylic acids is 1. The van der Waals surface area contributed by atoms with Gasteiger partial charge < -0.3 is 15.4 Å². The number of rotatable bonds is 4. The molecule has 0 aromatic heterocycles. The van der Waals surface area contributed by atoms with Crippen molar-refractivity contribution in [2.45, 2.75) is 38.8 Å². The molecule has 1 aliphatic heterocycles. The van der Waals surface area contributed by atoms with E-state index >= 15 is 0 Å². The van der Waals surface area contributed by atoms with E-state index in [-0.39, 0.29) is 29.9 Å². The Morgan fingerprint density at radius 1 is 1.45 bits per heavy atom. The summed E-state index contributed by atoms with van der Waals surface area (Å²) in [6.45, 7) is 6.64. The lowest BCUT2D eigenvalue weighted by Gasteiger charge is -2.21. The summed E-state index contributed by atoms with van der Waals surface area (Å²) in [5.74, 6) is 0.446. The van der Waals surface area contributed by atoms with Gasteiger partial charge in [0.25, 0.3) is 0 Å². The number of fused-ring (bicyclic) bond motifs is 1. The van der Waals surface area contributed by atoms with Gasteiger partial charge in [0.2, 0.25) is 5.91 Å². The van der Waals surface area contributed by atoms with Crippen molar-refractivity contribution in [3.8, 4) is 5.75 Å². The molecule has 0 saturated heterocycles. The van der Waals surface area contributed by atoms with Crippen molar-refractivity contribution in [1.82, 2.24) is 10.6 Å². The van der Waals surface area contributed by atoms with Gasteiger partial charge in [0.05, 0.1) is 6.54 Å². The monoisotopic (exact) mass is 280 g/mol. The molecule has 0 saturated carbocycles. The maximum atomic E-state index is 13.1. The van der Waals surface area contributed by atoms with E-state index in [0.717, 1.165) is 11.3 Å². The highest BCUT2D eigenvalue weighted by Crippen LogP contribution is 2.28. The Hall–Kier alpha value is -1.62. The van der Waals surface area contributed by atoms with Crippen LogP contribution in [0, 0.1) is 5.82 Å². The van der Waals surface area contributed by atoms with E-state index in [0.29, 0.717) is 13.0 Å². The van der Waals surface area contributed by atoms with Crippen molar-refractivity contribution >= 4 is 5.91 Å². The average molecular weight is 280 g/mol. The smallest absolute Gasteiger partial charge is 0.234 e. The first-order valence-electron chi connectivity index (χ1n) is 6.80. The fraction of sp³-hybridized carbons (Fsp3) is 0.533. The molecule has 2 N–H and O–H groups in total. The number of carbonyl (C=O) groups is 1. The number of hydrogen-bond acceptors (Lipinski definition) is 3. The Morgan fingerprint density at radius 3 is 2.90 bits per heavy atom. The summed E-state index contributed by atoms with van der Waals surface area (Å²) in [5.41, 5.74) is 0.659. The van der Waals surface area contributed by atoms with E-state index in [1.807, 2.05) is 20.8 Å². The van der Waals surface area contributed by atoms with Crippen molar-refractivity contribution in [3.05, 3.63) is 29.6 Å². The summed E-state index contributed by atoms with van der Waals surface area (Å²) in [7, 11) is 0. The summed E-state index contributed by atoms with van der Waals surface area (Å²) < 4.78 is 18.8. The van der Waals surface area contributed by atoms with Crippen LogP contribution in [0.25, 0.3) is 0 Å². The van der Waals surface area contributed by atoms with Crippen LogP contribution in [0.1, 0.15) is 26.3 Å². The summed E-state index contributed by atoms with van der Waals surface area (Å²) in [5, 5.41) is 5.95. The van der Waals surface area contributed by atoms with Gasteiger partial charge in [-0.1, -0.05) is 0 Å². The molecule has 1 heterocycles. The van der Waals surface area contributed by atoms with Gasteiger partial charge in [0.15, 0.2) is 0 Å². The summed E-state index contributed by atoms with van der Waals surface area (Å²) in [4.78, 5) is 11.6. The van der Waals surface area contributed by atoms with E-state index < -0.39 is 0 Å². The van der Waals surface area contributed by atoms with Crippen molar-refractivity contribution in [1.29, 1.82) is 0 Å². The molecule has 1 atom stereocenters. The Bertz CT molecular complexity index is 497. The van der Waals surface area contributed by atoms with E-state index in [9.17, 15) is 9.18 Å². The van der Waals surface area contributed by atoms with Gasteiger partial charge in [-0.25, -0.2) is 4.39 Å². The van der Waals surface area contributed by atoms with Crippen LogP contribution in [-0.4, -0.2) is 30.6 Å². The zero-order valence-corrected chi connectivity index (χ0v) is 12.1. The third-order valence-electron chi connectivity index (χ3n) is 2.94. The second-order valence-corrected chi connectivity index (χ2v) is 6.13. The van der Waals surface area contributed by atoms with E-state index in [2.05, 4.69) is 10.6 Å². The van der Waals surface area contributed by atoms with Gasteiger partial charge in [-0.3, -0.25) is 4.79 Å². The Labute approximate surface area is 118 Å². The molecule has 0 spiro atoms. The molecule has 1 aromatic rings. The molecule has 110 valence electrons. The van der Waals surface area contributed by atoms with Crippen molar-refractivity contribution in [2.75, 3.05) is 13.1 Å². The highest BCUT2D eigenvalue weighted by molar-refractivity contribution is 5.78. The van der Waals surface area contributed by atoms with E-state index in [1.165, 1.54) is 12.1 Å². The van der Waals surface area contributed by atoms with Crippen LogP contribution in [0.15, 0.2) is 18.2 Å². The highest BCUT2D eigenvalue weighted by Gasteiger charge is 2.23. The van der Waals surface area contributed by atoms with Gasteiger partial charge in [-0.2, -0.15) is 0 Å². The minimum Gasteiger partial charge on any atom is -0.488 e.